The van der Waals surface area contributed by atoms with Gasteiger partial charge in [0.2, 0.25) is 17.6 Å². The van der Waals surface area contributed by atoms with Crippen LogP contribution in [0.5, 0.6) is 17.6 Å². The number of nitrogens with zero attached hydrogens (tertiary/aromatic N) is 15. The molecule has 0 saturated carbocycles. The van der Waals surface area contributed by atoms with Gasteiger partial charge in [0.25, 0.3) is 0 Å². The molecule has 3 aliphatic rings. The number of fused-ring (bicyclic) bond motifs is 3. The Hall–Kier alpha value is -13.5. The lowest BCUT2D eigenvalue weighted by molar-refractivity contribution is 0.0348. The van der Waals surface area contributed by atoms with E-state index in [-0.39, 0.29) is 6.09 Å². The minimum atomic E-state index is -0.441. The Morgan fingerprint density at radius 3 is 0.992 bits per heavy atom. The van der Waals surface area contributed by atoms with Crippen LogP contribution >= 0.6 is 0 Å². The molecule has 0 radical (unpaired) electrons. The Kier molecular flexibility index (Phi) is 31.5. The van der Waals surface area contributed by atoms with Gasteiger partial charge >= 0.3 is 18.3 Å². The van der Waals surface area contributed by atoms with Crippen LogP contribution in [0.25, 0.3) is 50.7 Å². The number of furan rings is 2. The van der Waals surface area contributed by atoms with E-state index in [9.17, 15) is 14.4 Å². The zero-order valence-electron chi connectivity index (χ0n) is 74.3. The summed E-state index contributed by atoms with van der Waals surface area (Å²) in [4.78, 5) is 83.3. The predicted octanol–water partition coefficient (Wildman–Crippen LogP) is 17.5. The third kappa shape index (κ3) is 24.3. The van der Waals surface area contributed by atoms with Crippen LogP contribution < -0.4 is 14.2 Å². The standard InChI is InChI=1S/C38H43N5O3.C34H37N5O4.C32H33N5O4/c1-2-3-21-42(22-13-20-41-23-25-45-26-24-41)38(44)46-37-34(28-31-16-9-5-10-17-31)40-36-33(27-30-14-7-4-8-15-30)39-35(29-43(36)37)32-18-11-6-12-19-32;1-37(16-8-9-17-38-18-21-41-22-19-38)34(40)43-33-30(24-28-15-10-20-42-28)36-32-29(23-26-11-4-2-5-12-26)35-31(25-39(32)33)27-13-6-3-7-14-27;1-35(14-15-36-16-19-39-20-17-36)32(38)41-31-28(22-26-13-8-18-40-26)34-30-27(21-24-9-4-2-5-10-24)33-29(23-37(30)31)25-11-6-3-7-12-25/h4-12,14-19,29H,2-3,13,20-28H2,1H3;2-7,10-15,20,25H,8-9,16-19,21-24H2,1H3;2-13,18,23H,14-17,19-22H2,1H3. The zero-order chi connectivity index (χ0) is 89.0. The van der Waals surface area contributed by atoms with Crippen LogP contribution in [0.15, 0.2) is 277 Å². The largest absolute Gasteiger partial charge is 0.469 e. The Morgan fingerprint density at radius 2 is 0.638 bits per heavy atom. The number of carbonyl (C=O) groups is 3. The Morgan fingerprint density at radius 1 is 0.323 bits per heavy atom. The number of likely N-dealkylation sites (N-methyl/N-ethyl adjacent to an activating group) is 1. The number of carbonyl (C=O) groups excluding carboxylic acids is 3. The third-order valence-electron chi connectivity index (χ3n) is 23.4. The molecule has 3 aliphatic heterocycles. The Labute approximate surface area is 758 Å². The monoisotopic (exact) mass is 1750 g/mol. The summed E-state index contributed by atoms with van der Waals surface area (Å²) < 4.78 is 52.0. The minimum Gasteiger partial charge on any atom is -0.469 e. The summed E-state index contributed by atoms with van der Waals surface area (Å²) in [5, 5.41) is 0. The highest BCUT2D eigenvalue weighted by Gasteiger charge is 2.30. The molecular formula is C104H113N15O11. The lowest BCUT2D eigenvalue weighted by Gasteiger charge is -2.28. The number of aromatic nitrogens is 9. The van der Waals surface area contributed by atoms with Crippen molar-refractivity contribution in [3.05, 3.63) is 336 Å². The number of rotatable bonds is 33. The van der Waals surface area contributed by atoms with Crippen molar-refractivity contribution in [3.8, 4) is 51.4 Å². The zero-order valence-corrected chi connectivity index (χ0v) is 74.3. The van der Waals surface area contributed by atoms with Crippen molar-refractivity contribution >= 4 is 35.2 Å². The number of amides is 3. The summed E-state index contributed by atoms with van der Waals surface area (Å²) in [5.74, 6) is 2.66. The Balaban J connectivity index is 0.000000143. The van der Waals surface area contributed by atoms with Crippen molar-refractivity contribution < 1.29 is 51.6 Å². The fourth-order valence-corrected chi connectivity index (χ4v) is 16.2. The molecule has 3 fully saturated rings. The van der Waals surface area contributed by atoms with Crippen molar-refractivity contribution in [3.63, 3.8) is 0 Å². The number of unbranched alkanes of at least 4 members (excludes halogenated alkanes) is 2. The van der Waals surface area contributed by atoms with Gasteiger partial charge in [-0.1, -0.05) is 226 Å². The molecule has 0 spiro atoms. The molecular weight excluding hydrogens is 1640 g/mol. The molecule has 7 aromatic carbocycles. The first kappa shape index (κ1) is 89.9. The fourth-order valence-electron chi connectivity index (χ4n) is 16.2. The van der Waals surface area contributed by atoms with E-state index in [1.807, 2.05) is 213 Å². The van der Waals surface area contributed by atoms with Crippen molar-refractivity contribution in [2.45, 2.75) is 77.6 Å². The third-order valence-corrected chi connectivity index (χ3v) is 23.4. The van der Waals surface area contributed by atoms with Crippen LogP contribution in [-0.4, -0.2) is 230 Å². The van der Waals surface area contributed by atoms with Crippen LogP contribution in [-0.2, 0) is 52.7 Å². The second-order valence-corrected chi connectivity index (χ2v) is 32.9. The topological polar surface area (TPSA) is 243 Å². The number of benzene rings is 7. The lowest BCUT2D eigenvalue weighted by Crippen LogP contribution is -2.42. The molecule has 18 rings (SSSR count). The second-order valence-electron chi connectivity index (χ2n) is 32.9. The molecule has 0 aliphatic carbocycles. The van der Waals surface area contributed by atoms with Crippen molar-refractivity contribution in [2.75, 3.05) is 139 Å². The van der Waals surface area contributed by atoms with Gasteiger partial charge in [-0.3, -0.25) is 27.9 Å². The number of ether oxygens (including phenoxy) is 6. The summed E-state index contributed by atoms with van der Waals surface area (Å²) >= 11 is 0. The smallest absolute Gasteiger partial charge is 0.416 e. The maximum absolute atomic E-state index is 14.0. The molecule has 26 nitrogen and oxygen atoms in total. The summed E-state index contributed by atoms with van der Waals surface area (Å²) in [5.41, 5.74) is 16.1. The maximum Gasteiger partial charge on any atom is 0.416 e. The molecule has 0 bridgehead atoms. The number of hydrogen-bond donors (Lipinski definition) is 0. The molecule has 130 heavy (non-hydrogen) atoms. The van der Waals surface area contributed by atoms with Crippen molar-refractivity contribution in [1.82, 2.24) is 72.5 Å². The molecule has 0 atom stereocenters. The summed E-state index contributed by atoms with van der Waals surface area (Å²) in [6.07, 6.45) is 15.6. The normalized spacial score (nSPS) is 13.7. The number of imidazole rings is 3. The van der Waals surface area contributed by atoms with Gasteiger partial charge in [0.15, 0.2) is 16.9 Å². The van der Waals surface area contributed by atoms with Gasteiger partial charge < -0.3 is 52.0 Å². The van der Waals surface area contributed by atoms with Crippen molar-refractivity contribution in [1.29, 1.82) is 0 Å². The van der Waals surface area contributed by atoms with Gasteiger partial charge in [-0.2, -0.15) is 0 Å². The molecule has 0 N–H and O–H groups in total. The van der Waals surface area contributed by atoms with Crippen LogP contribution in [0.2, 0.25) is 0 Å². The molecule has 11 heterocycles. The van der Waals surface area contributed by atoms with E-state index in [0.29, 0.717) is 116 Å². The van der Waals surface area contributed by atoms with E-state index in [1.165, 1.54) is 0 Å². The average molecular weight is 1750 g/mol. The molecule has 3 amide bonds. The van der Waals surface area contributed by atoms with Gasteiger partial charge in [0.1, 0.15) is 28.6 Å². The van der Waals surface area contributed by atoms with Gasteiger partial charge in [-0.05, 0) is 78.7 Å². The first-order valence-electron chi connectivity index (χ1n) is 45.3. The van der Waals surface area contributed by atoms with E-state index in [1.54, 1.807) is 36.4 Å². The summed E-state index contributed by atoms with van der Waals surface area (Å²) in [6, 6.07) is 78.5. The van der Waals surface area contributed by atoms with Gasteiger partial charge in [-0.15, -0.1) is 0 Å². The number of morpholine rings is 3. The Bertz CT molecular complexity index is 6050. The summed E-state index contributed by atoms with van der Waals surface area (Å²) in [6.45, 7) is 17.4. The average Bonchev–Trinajstić information content (AvgIpc) is 1.62. The van der Waals surface area contributed by atoms with Gasteiger partial charge in [0, 0.05) is 154 Å². The van der Waals surface area contributed by atoms with E-state index < -0.39 is 12.2 Å². The maximum atomic E-state index is 14.0. The molecule has 670 valence electrons. The highest BCUT2D eigenvalue weighted by molar-refractivity contribution is 5.74. The molecule has 15 aromatic rings. The molecule has 0 unspecified atom stereocenters. The van der Waals surface area contributed by atoms with Crippen molar-refractivity contribution in [2.24, 2.45) is 0 Å². The van der Waals surface area contributed by atoms with Crippen LogP contribution in [0, 0.1) is 0 Å². The molecule has 8 aromatic heterocycles. The number of hydrogen-bond acceptors (Lipinski definition) is 20. The van der Waals surface area contributed by atoms with Crippen LogP contribution in [0.3, 0.4) is 0 Å². The van der Waals surface area contributed by atoms with E-state index in [0.717, 1.165) is 215 Å². The molecule has 3 saturated heterocycles. The first-order chi connectivity index (χ1) is 63.9. The minimum absolute atomic E-state index is 0.339. The van der Waals surface area contributed by atoms with E-state index in [2.05, 4.69) is 82.3 Å². The quantitative estimate of drug-likeness (QED) is 0.0347. The first-order valence-corrected chi connectivity index (χ1v) is 45.3. The van der Waals surface area contributed by atoms with Gasteiger partial charge in [0.05, 0.1) is 99.2 Å². The lowest BCUT2D eigenvalue weighted by atomic mass is 10.1. The highest BCUT2D eigenvalue weighted by atomic mass is 16.6. The summed E-state index contributed by atoms with van der Waals surface area (Å²) in [7, 11) is 3.54. The molecule has 26 heteroatoms. The van der Waals surface area contributed by atoms with Gasteiger partial charge in [-0.25, -0.2) is 44.3 Å². The SMILES string of the molecule is CCCCN(CCCN1CCOCC1)C(=O)Oc1c(Cc2ccccc2)nc2c(Cc3ccccc3)nc(-c3ccccc3)cn12.CN(CCCCN1CCOCC1)C(=O)Oc1c(Cc2ccco2)nc2c(Cc3ccccc3)nc(-c3ccccc3)cn12.CN(CCN1CCOCC1)C(=O)Oc1c(Cc2ccco2)nc2c(Cc3ccccc3)nc(-c3ccccc3)cn12. The highest BCUT2D eigenvalue weighted by Crippen LogP contribution is 2.35. The second kappa shape index (κ2) is 45.5. The van der Waals surface area contributed by atoms with E-state index in [4.69, 9.17) is 67.2 Å². The van der Waals surface area contributed by atoms with Crippen LogP contribution in [0.4, 0.5) is 14.4 Å². The van der Waals surface area contributed by atoms with E-state index >= 15 is 0 Å². The van der Waals surface area contributed by atoms with Crippen LogP contribution in [0.1, 0.15) is 107 Å². The predicted molar refractivity (Wildman–Crippen MR) is 501 cm³/mol. The fraction of sp³-hybridized carbons (Fsp3) is 0.317.